The molecule has 5 heteroatoms. The molecule has 0 radical (unpaired) electrons. The lowest BCUT2D eigenvalue weighted by Crippen LogP contribution is -2.37. The lowest BCUT2D eigenvalue weighted by molar-refractivity contribution is -0.113. The van der Waals surface area contributed by atoms with E-state index >= 15 is 0 Å². The third-order valence-electron chi connectivity index (χ3n) is 5.10. The molecule has 1 heterocycles. The predicted molar refractivity (Wildman–Crippen MR) is 133 cm³/mol. The van der Waals surface area contributed by atoms with Crippen molar-refractivity contribution in [2.24, 2.45) is 0 Å². The minimum Gasteiger partial charge on any atom is -0.290 e. The molecular weight excluding hydrogens is 493 g/mol. The molecule has 0 saturated carbocycles. The quantitative estimate of drug-likeness (QED) is 0.341. The third kappa shape index (κ3) is 5.75. The van der Waals surface area contributed by atoms with E-state index in [2.05, 4.69) is 26.9 Å². The Kier molecular flexibility index (Phi) is 7.09. The molecule has 0 unspecified atom stereocenters. The second-order valence-corrected chi connectivity index (χ2v) is 9.24. The molecular formula is C26H20BrCl2NO. The van der Waals surface area contributed by atoms with E-state index in [9.17, 15) is 4.79 Å². The summed E-state index contributed by atoms with van der Waals surface area (Å²) in [5.41, 5.74) is 4.50. The Labute approximate surface area is 200 Å². The van der Waals surface area contributed by atoms with E-state index in [-0.39, 0.29) is 5.78 Å². The molecule has 1 fully saturated rings. The van der Waals surface area contributed by atoms with Crippen molar-refractivity contribution in [2.45, 2.75) is 6.54 Å². The molecule has 31 heavy (non-hydrogen) atoms. The van der Waals surface area contributed by atoms with Crippen LogP contribution in [0.1, 0.15) is 16.7 Å². The summed E-state index contributed by atoms with van der Waals surface area (Å²) in [5, 5.41) is 1.30. The number of piperidine rings is 1. The number of benzene rings is 3. The molecule has 4 rings (SSSR count). The zero-order chi connectivity index (χ0) is 21.8. The first-order valence-corrected chi connectivity index (χ1v) is 11.5. The predicted octanol–water partition coefficient (Wildman–Crippen LogP) is 7.31. The highest BCUT2D eigenvalue weighted by molar-refractivity contribution is 9.10. The largest absolute Gasteiger partial charge is 0.290 e. The number of carbonyl (C=O) groups is 1. The Morgan fingerprint density at radius 2 is 1.35 bits per heavy atom. The summed E-state index contributed by atoms with van der Waals surface area (Å²) in [6.45, 7) is 1.87. The second kappa shape index (κ2) is 9.97. The highest BCUT2D eigenvalue weighted by atomic mass is 79.9. The minimum atomic E-state index is 0.0586. The molecule has 0 bridgehead atoms. The van der Waals surface area contributed by atoms with Crippen molar-refractivity contribution in [3.05, 3.63) is 115 Å². The van der Waals surface area contributed by atoms with Gasteiger partial charge in [-0.05, 0) is 59.2 Å². The first kappa shape index (κ1) is 22.0. The van der Waals surface area contributed by atoms with Crippen molar-refractivity contribution in [3.63, 3.8) is 0 Å². The SMILES string of the molecule is O=C1C(=Cc2cccc(Cl)c2)CN(Cc2ccccc2Br)CC1=Cc1cccc(Cl)c1. The molecule has 0 aromatic heterocycles. The molecule has 2 nitrogen and oxygen atoms in total. The molecule has 3 aromatic rings. The highest BCUT2D eigenvalue weighted by Gasteiger charge is 2.26. The second-order valence-electron chi connectivity index (χ2n) is 7.51. The van der Waals surface area contributed by atoms with E-state index in [4.69, 9.17) is 23.2 Å². The first-order chi connectivity index (χ1) is 15.0. The van der Waals surface area contributed by atoms with Gasteiger partial charge in [-0.3, -0.25) is 9.69 Å². The molecule has 3 aromatic carbocycles. The van der Waals surface area contributed by atoms with Gasteiger partial charge in [0.15, 0.2) is 5.78 Å². The number of Topliss-reactive ketones (excluding diaryl/α,β-unsaturated/α-hetero) is 1. The van der Waals surface area contributed by atoms with Gasteiger partial charge in [-0.15, -0.1) is 0 Å². The van der Waals surface area contributed by atoms with Crippen LogP contribution in [0.2, 0.25) is 10.0 Å². The molecule has 1 saturated heterocycles. The Bertz CT molecular complexity index is 1120. The number of hydrogen-bond donors (Lipinski definition) is 0. The average Bonchev–Trinajstić information content (AvgIpc) is 2.73. The molecule has 0 amide bonds. The van der Waals surface area contributed by atoms with Crippen molar-refractivity contribution >= 4 is 57.1 Å². The van der Waals surface area contributed by atoms with Gasteiger partial charge in [0.05, 0.1) is 0 Å². The molecule has 156 valence electrons. The number of hydrogen-bond acceptors (Lipinski definition) is 2. The number of rotatable bonds is 4. The van der Waals surface area contributed by atoms with Gasteiger partial charge in [-0.25, -0.2) is 0 Å². The summed E-state index contributed by atoms with van der Waals surface area (Å²) in [6.07, 6.45) is 3.87. The molecule has 1 aliphatic rings. The van der Waals surface area contributed by atoms with Crippen molar-refractivity contribution in [2.75, 3.05) is 13.1 Å². The zero-order valence-corrected chi connectivity index (χ0v) is 19.8. The fourth-order valence-electron chi connectivity index (χ4n) is 3.68. The Balaban J connectivity index is 1.70. The molecule has 0 N–H and O–H groups in total. The lowest BCUT2D eigenvalue weighted by Gasteiger charge is -2.30. The topological polar surface area (TPSA) is 20.3 Å². The van der Waals surface area contributed by atoms with E-state index < -0.39 is 0 Å². The molecule has 0 spiro atoms. The minimum absolute atomic E-state index is 0.0586. The van der Waals surface area contributed by atoms with Crippen molar-refractivity contribution in [1.82, 2.24) is 4.90 Å². The van der Waals surface area contributed by atoms with Gasteiger partial charge in [-0.2, -0.15) is 0 Å². The number of ketones is 1. The van der Waals surface area contributed by atoms with Crippen LogP contribution >= 0.6 is 39.1 Å². The van der Waals surface area contributed by atoms with Crippen LogP contribution < -0.4 is 0 Å². The summed E-state index contributed by atoms with van der Waals surface area (Å²) in [4.78, 5) is 15.6. The standard InChI is InChI=1S/C26H20BrCl2NO/c27-25-10-2-1-7-20(25)15-30-16-21(11-18-5-3-8-23(28)13-18)26(31)22(17-30)12-19-6-4-9-24(29)14-19/h1-14H,15-17H2. The normalized spacial score (nSPS) is 17.5. The van der Waals surface area contributed by atoms with Crippen LogP contribution in [-0.2, 0) is 11.3 Å². The van der Waals surface area contributed by atoms with E-state index in [1.165, 1.54) is 5.56 Å². The summed E-state index contributed by atoms with van der Waals surface area (Å²) < 4.78 is 1.06. The van der Waals surface area contributed by atoms with E-state index in [1.54, 1.807) is 0 Å². The maximum Gasteiger partial charge on any atom is 0.187 e. The Hall–Kier alpha value is -2.17. The number of halogens is 3. The Morgan fingerprint density at radius 1 is 0.806 bits per heavy atom. The van der Waals surface area contributed by atoms with Crippen LogP contribution in [0, 0.1) is 0 Å². The number of carbonyl (C=O) groups excluding carboxylic acids is 1. The van der Waals surface area contributed by atoms with Crippen LogP contribution in [-0.4, -0.2) is 23.8 Å². The number of nitrogens with zero attached hydrogens (tertiary/aromatic N) is 1. The van der Waals surface area contributed by atoms with Gasteiger partial charge in [0.25, 0.3) is 0 Å². The van der Waals surface area contributed by atoms with Crippen molar-refractivity contribution < 1.29 is 4.79 Å². The van der Waals surface area contributed by atoms with Crippen LogP contribution in [0.3, 0.4) is 0 Å². The van der Waals surface area contributed by atoms with Crippen molar-refractivity contribution in [3.8, 4) is 0 Å². The fraction of sp³-hybridized carbons (Fsp3) is 0.115. The van der Waals surface area contributed by atoms with Gasteiger partial charge < -0.3 is 0 Å². The van der Waals surface area contributed by atoms with Crippen LogP contribution in [0.25, 0.3) is 12.2 Å². The van der Waals surface area contributed by atoms with Crippen LogP contribution in [0.15, 0.2) is 88.4 Å². The lowest BCUT2D eigenvalue weighted by atomic mass is 9.94. The molecule has 0 atom stereocenters. The van der Waals surface area contributed by atoms with Gasteiger partial charge in [0.2, 0.25) is 0 Å². The molecule has 0 aliphatic carbocycles. The maximum atomic E-state index is 13.3. The summed E-state index contributed by atoms with van der Waals surface area (Å²) in [6, 6.07) is 23.3. The maximum absolute atomic E-state index is 13.3. The number of likely N-dealkylation sites (tertiary alicyclic amines) is 1. The van der Waals surface area contributed by atoms with Gasteiger partial charge in [-0.1, -0.05) is 81.6 Å². The summed E-state index contributed by atoms with van der Waals surface area (Å²) >= 11 is 15.9. The highest BCUT2D eigenvalue weighted by Crippen LogP contribution is 2.26. The fourth-order valence-corrected chi connectivity index (χ4v) is 4.49. The van der Waals surface area contributed by atoms with Crippen molar-refractivity contribution in [1.29, 1.82) is 0 Å². The van der Waals surface area contributed by atoms with E-state index in [1.807, 2.05) is 78.9 Å². The van der Waals surface area contributed by atoms with E-state index in [0.717, 1.165) is 33.3 Å². The van der Waals surface area contributed by atoms with Crippen LogP contribution in [0.4, 0.5) is 0 Å². The monoisotopic (exact) mass is 511 g/mol. The molecule has 1 aliphatic heterocycles. The summed E-state index contributed by atoms with van der Waals surface area (Å²) in [5.74, 6) is 0.0586. The van der Waals surface area contributed by atoms with Gasteiger partial charge in [0, 0.05) is 45.3 Å². The van der Waals surface area contributed by atoms with E-state index in [0.29, 0.717) is 23.1 Å². The average molecular weight is 513 g/mol. The van der Waals surface area contributed by atoms with Gasteiger partial charge >= 0.3 is 0 Å². The van der Waals surface area contributed by atoms with Crippen LogP contribution in [0.5, 0.6) is 0 Å². The third-order valence-corrected chi connectivity index (χ3v) is 6.35. The smallest absolute Gasteiger partial charge is 0.187 e. The first-order valence-electron chi connectivity index (χ1n) is 9.91. The van der Waals surface area contributed by atoms with Gasteiger partial charge in [0.1, 0.15) is 0 Å². The zero-order valence-electron chi connectivity index (χ0n) is 16.7. The Morgan fingerprint density at radius 3 is 1.87 bits per heavy atom. The summed E-state index contributed by atoms with van der Waals surface area (Å²) in [7, 11) is 0.